The molecule has 1 fully saturated rings. The van der Waals surface area contributed by atoms with Crippen molar-refractivity contribution in [3.05, 3.63) is 12.2 Å². The normalized spacial score (nSPS) is 28.0. The first-order chi connectivity index (χ1) is 9.48. The van der Waals surface area contributed by atoms with Crippen LogP contribution >= 0.6 is 0 Å². The van der Waals surface area contributed by atoms with Crippen molar-refractivity contribution >= 4 is 8.32 Å². The molecule has 2 nitrogen and oxygen atoms in total. The Morgan fingerprint density at radius 1 is 1.33 bits per heavy atom. The van der Waals surface area contributed by atoms with Crippen LogP contribution in [0.1, 0.15) is 60.3 Å². The minimum Gasteiger partial charge on any atom is -0.413 e. The van der Waals surface area contributed by atoms with E-state index in [1.54, 1.807) is 0 Å². The average Bonchev–Trinajstić information content (AvgIpc) is 2.63. The summed E-state index contributed by atoms with van der Waals surface area (Å²) < 4.78 is 6.17. The number of rotatable bonds is 6. The van der Waals surface area contributed by atoms with Crippen molar-refractivity contribution in [1.29, 1.82) is 0 Å². The second-order valence-corrected chi connectivity index (χ2v) is 13.5. The molecule has 0 heterocycles. The third-order valence-electron chi connectivity index (χ3n) is 5.29. The first-order valence-corrected chi connectivity index (χ1v) is 11.4. The minimum absolute atomic E-state index is 0.257. The predicted octanol–water partition coefficient (Wildman–Crippen LogP) is 5.14. The Morgan fingerprint density at radius 3 is 2.48 bits per heavy atom. The molecular formula is C18H36O2Si. The van der Waals surface area contributed by atoms with Crippen LogP contribution in [0.5, 0.6) is 0 Å². The summed E-state index contributed by atoms with van der Waals surface area (Å²) in [5.41, 5.74) is -0.484. The van der Waals surface area contributed by atoms with E-state index in [4.69, 9.17) is 4.43 Å². The molecule has 124 valence electrons. The van der Waals surface area contributed by atoms with Crippen LogP contribution in [0.2, 0.25) is 18.1 Å². The van der Waals surface area contributed by atoms with E-state index in [0.717, 1.165) is 25.7 Å². The largest absolute Gasteiger partial charge is 0.413 e. The van der Waals surface area contributed by atoms with Crippen LogP contribution in [-0.4, -0.2) is 25.6 Å². The molecule has 1 aliphatic rings. The summed E-state index contributed by atoms with van der Waals surface area (Å²) in [6.45, 7) is 16.4. The Labute approximate surface area is 133 Å². The summed E-state index contributed by atoms with van der Waals surface area (Å²) in [6, 6.07) is 0. The van der Waals surface area contributed by atoms with Gasteiger partial charge in [-0.3, -0.25) is 0 Å². The minimum atomic E-state index is -1.66. The van der Waals surface area contributed by atoms with E-state index in [1.165, 1.54) is 0 Å². The van der Waals surface area contributed by atoms with Crippen molar-refractivity contribution in [2.45, 2.75) is 84.0 Å². The van der Waals surface area contributed by atoms with Crippen LogP contribution < -0.4 is 0 Å². The lowest BCUT2D eigenvalue weighted by Gasteiger charge is -2.36. The molecule has 1 saturated carbocycles. The fraction of sp³-hybridized carbons (Fsp3) is 0.889. The number of hydrogen-bond donors (Lipinski definition) is 1. The van der Waals surface area contributed by atoms with Crippen LogP contribution in [0.4, 0.5) is 0 Å². The van der Waals surface area contributed by atoms with Gasteiger partial charge in [-0.2, -0.15) is 0 Å². The van der Waals surface area contributed by atoms with E-state index < -0.39 is 13.9 Å². The summed E-state index contributed by atoms with van der Waals surface area (Å²) in [7, 11) is -1.66. The maximum Gasteiger partial charge on any atom is 0.192 e. The van der Waals surface area contributed by atoms with E-state index in [1.807, 2.05) is 0 Å². The Kier molecular flexibility index (Phi) is 6.28. The fourth-order valence-electron chi connectivity index (χ4n) is 3.01. The lowest BCUT2D eigenvalue weighted by atomic mass is 9.83. The van der Waals surface area contributed by atoms with Gasteiger partial charge in [0.1, 0.15) is 0 Å². The SMILES string of the molecule is CC(C)C[C@@]1(O)CCC[C@H]1/C=C/CO[Si](C)(C)C(C)(C)C. The molecule has 0 amide bonds. The molecule has 3 heteroatoms. The van der Waals surface area contributed by atoms with E-state index in [0.29, 0.717) is 18.4 Å². The lowest BCUT2D eigenvalue weighted by molar-refractivity contribution is -0.000321. The van der Waals surface area contributed by atoms with Gasteiger partial charge in [-0.1, -0.05) is 46.8 Å². The molecule has 21 heavy (non-hydrogen) atoms. The maximum absolute atomic E-state index is 10.8. The molecule has 2 atom stereocenters. The van der Waals surface area contributed by atoms with Gasteiger partial charge in [0.15, 0.2) is 8.32 Å². The second kappa shape index (κ2) is 6.97. The highest BCUT2D eigenvalue weighted by atomic mass is 28.4. The second-order valence-electron chi connectivity index (χ2n) is 8.70. The first kappa shape index (κ1) is 18.9. The molecule has 0 unspecified atom stereocenters. The van der Waals surface area contributed by atoms with E-state index in [-0.39, 0.29) is 5.04 Å². The summed E-state index contributed by atoms with van der Waals surface area (Å²) in [6.07, 6.45) is 8.46. The monoisotopic (exact) mass is 312 g/mol. The molecule has 0 spiro atoms. The fourth-order valence-corrected chi connectivity index (χ4v) is 3.96. The molecule has 0 radical (unpaired) electrons. The molecular weight excluding hydrogens is 276 g/mol. The maximum atomic E-state index is 10.8. The Hall–Kier alpha value is -0.123. The summed E-state index contributed by atoms with van der Waals surface area (Å²) in [4.78, 5) is 0. The molecule has 0 bridgehead atoms. The molecule has 0 aromatic rings. The topological polar surface area (TPSA) is 29.5 Å². The standard InChI is InChI=1S/C18H36O2Si/c1-15(2)14-18(19)12-8-10-16(18)11-9-13-20-21(6,7)17(3,4)5/h9,11,15-16,19H,8,10,12-14H2,1-7H3/b11-9+/t16-,18-/m0/s1. The van der Waals surface area contributed by atoms with Crippen LogP contribution in [0, 0.1) is 11.8 Å². The van der Waals surface area contributed by atoms with E-state index in [9.17, 15) is 5.11 Å². The zero-order chi connectivity index (χ0) is 16.3. The van der Waals surface area contributed by atoms with Gasteiger partial charge in [0, 0.05) is 5.92 Å². The molecule has 1 aliphatic carbocycles. The number of hydrogen-bond acceptors (Lipinski definition) is 2. The average molecular weight is 313 g/mol. The zero-order valence-corrected chi connectivity index (χ0v) is 16.2. The van der Waals surface area contributed by atoms with Crippen molar-refractivity contribution in [2.24, 2.45) is 11.8 Å². The Bertz CT molecular complexity index is 355. The zero-order valence-electron chi connectivity index (χ0n) is 15.2. The number of aliphatic hydroxyl groups is 1. The van der Waals surface area contributed by atoms with Gasteiger partial charge in [-0.25, -0.2) is 0 Å². The van der Waals surface area contributed by atoms with Gasteiger partial charge >= 0.3 is 0 Å². The highest BCUT2D eigenvalue weighted by molar-refractivity contribution is 6.74. The Balaban J connectivity index is 2.53. The van der Waals surface area contributed by atoms with Gasteiger partial charge in [0.05, 0.1) is 12.2 Å². The quantitative estimate of drug-likeness (QED) is 0.543. The summed E-state index contributed by atoms with van der Waals surface area (Å²) >= 11 is 0. The van der Waals surface area contributed by atoms with Crippen molar-refractivity contribution in [1.82, 2.24) is 0 Å². The van der Waals surface area contributed by atoms with Crippen LogP contribution in [0.3, 0.4) is 0 Å². The molecule has 0 aliphatic heterocycles. The van der Waals surface area contributed by atoms with E-state index in [2.05, 4.69) is 59.9 Å². The van der Waals surface area contributed by atoms with Crippen molar-refractivity contribution in [3.63, 3.8) is 0 Å². The third-order valence-corrected chi connectivity index (χ3v) is 9.79. The Morgan fingerprint density at radius 2 is 1.95 bits per heavy atom. The summed E-state index contributed by atoms with van der Waals surface area (Å²) in [5, 5.41) is 11.1. The molecule has 0 aromatic carbocycles. The summed E-state index contributed by atoms with van der Waals surface area (Å²) in [5.74, 6) is 0.857. The van der Waals surface area contributed by atoms with Crippen molar-refractivity contribution < 1.29 is 9.53 Å². The first-order valence-electron chi connectivity index (χ1n) is 8.51. The van der Waals surface area contributed by atoms with Gasteiger partial charge in [-0.15, -0.1) is 0 Å². The predicted molar refractivity (Wildman–Crippen MR) is 94.0 cm³/mol. The van der Waals surface area contributed by atoms with Crippen LogP contribution in [-0.2, 0) is 4.43 Å². The molecule has 0 aromatic heterocycles. The third kappa shape index (κ3) is 5.22. The lowest BCUT2D eigenvalue weighted by Crippen LogP contribution is -2.40. The van der Waals surface area contributed by atoms with Crippen molar-refractivity contribution in [2.75, 3.05) is 6.61 Å². The van der Waals surface area contributed by atoms with Gasteiger partial charge in [-0.05, 0) is 49.7 Å². The smallest absolute Gasteiger partial charge is 0.192 e. The highest BCUT2D eigenvalue weighted by Crippen LogP contribution is 2.41. The molecule has 1 N–H and O–H groups in total. The molecule has 0 saturated heterocycles. The molecule has 1 rings (SSSR count). The van der Waals surface area contributed by atoms with Crippen LogP contribution in [0.25, 0.3) is 0 Å². The van der Waals surface area contributed by atoms with E-state index >= 15 is 0 Å². The van der Waals surface area contributed by atoms with Gasteiger partial charge in [0.2, 0.25) is 0 Å². The van der Waals surface area contributed by atoms with Crippen molar-refractivity contribution in [3.8, 4) is 0 Å². The van der Waals surface area contributed by atoms with Crippen LogP contribution in [0.15, 0.2) is 12.2 Å². The van der Waals surface area contributed by atoms with Gasteiger partial charge in [0.25, 0.3) is 0 Å². The highest BCUT2D eigenvalue weighted by Gasteiger charge is 2.40. The van der Waals surface area contributed by atoms with Gasteiger partial charge < -0.3 is 9.53 Å².